The van der Waals surface area contributed by atoms with Crippen molar-refractivity contribution in [3.63, 3.8) is 0 Å². The first-order valence-electron chi connectivity index (χ1n) is 5.13. The Balaban J connectivity index is 2.23. The molecule has 0 saturated heterocycles. The number of benzene rings is 1. The van der Waals surface area contributed by atoms with E-state index in [-0.39, 0.29) is 11.5 Å². The minimum absolute atomic E-state index is 0.114. The van der Waals surface area contributed by atoms with E-state index in [4.69, 9.17) is 5.26 Å². The second kappa shape index (κ2) is 4.67. The Morgan fingerprint density at radius 2 is 2.33 bits per heavy atom. The third-order valence-corrected chi connectivity index (χ3v) is 2.42. The van der Waals surface area contributed by atoms with Gasteiger partial charge < -0.3 is 5.32 Å². The van der Waals surface area contributed by atoms with Crippen molar-refractivity contribution in [3.05, 3.63) is 47.0 Å². The predicted octanol–water partition coefficient (Wildman–Crippen LogP) is 1.98. The summed E-state index contributed by atoms with van der Waals surface area (Å²) in [6.45, 7) is 1.72. The van der Waals surface area contributed by atoms with E-state index in [0.29, 0.717) is 16.9 Å². The number of aromatic amines is 1. The number of aryl methyl sites for hydroxylation is 1. The van der Waals surface area contributed by atoms with Crippen molar-refractivity contribution in [3.8, 4) is 6.07 Å². The maximum Gasteiger partial charge on any atom is 0.259 e. The van der Waals surface area contributed by atoms with Crippen LogP contribution < -0.4 is 5.32 Å². The Morgan fingerprint density at radius 3 is 2.94 bits per heavy atom. The number of H-pyrrole nitrogens is 1. The second-order valence-corrected chi connectivity index (χ2v) is 3.67. The van der Waals surface area contributed by atoms with Gasteiger partial charge in [0, 0.05) is 11.4 Å². The van der Waals surface area contributed by atoms with Crippen molar-refractivity contribution < 1.29 is 9.18 Å². The van der Waals surface area contributed by atoms with Crippen LogP contribution in [0.1, 0.15) is 21.6 Å². The predicted molar refractivity (Wildman–Crippen MR) is 62.4 cm³/mol. The number of hydrogen-bond donors (Lipinski definition) is 2. The third-order valence-electron chi connectivity index (χ3n) is 2.42. The monoisotopic (exact) mass is 244 g/mol. The van der Waals surface area contributed by atoms with Crippen LogP contribution in [0.5, 0.6) is 0 Å². The number of anilines is 1. The van der Waals surface area contributed by atoms with Crippen LogP contribution in [-0.2, 0) is 0 Å². The number of nitriles is 1. The molecule has 6 heteroatoms. The molecule has 1 amide bonds. The van der Waals surface area contributed by atoms with E-state index in [2.05, 4.69) is 15.5 Å². The van der Waals surface area contributed by atoms with E-state index < -0.39 is 5.82 Å². The van der Waals surface area contributed by atoms with E-state index in [1.807, 2.05) is 0 Å². The van der Waals surface area contributed by atoms with Crippen LogP contribution in [0, 0.1) is 24.1 Å². The molecular formula is C12H9FN4O. The van der Waals surface area contributed by atoms with Crippen molar-refractivity contribution in [2.24, 2.45) is 0 Å². The van der Waals surface area contributed by atoms with Gasteiger partial charge in [-0.15, -0.1) is 0 Å². The first kappa shape index (κ1) is 11.8. The zero-order chi connectivity index (χ0) is 13.1. The highest BCUT2D eigenvalue weighted by molar-refractivity contribution is 6.04. The summed E-state index contributed by atoms with van der Waals surface area (Å²) in [5.41, 5.74) is 1.28. The Kier molecular flexibility index (Phi) is 3.06. The van der Waals surface area contributed by atoms with Gasteiger partial charge in [-0.1, -0.05) is 0 Å². The van der Waals surface area contributed by atoms with Gasteiger partial charge in [-0.25, -0.2) is 4.39 Å². The normalized spacial score (nSPS) is 9.83. The minimum Gasteiger partial charge on any atom is -0.322 e. The largest absolute Gasteiger partial charge is 0.322 e. The van der Waals surface area contributed by atoms with E-state index >= 15 is 0 Å². The van der Waals surface area contributed by atoms with E-state index in [1.54, 1.807) is 13.0 Å². The van der Waals surface area contributed by atoms with Crippen LogP contribution in [0.3, 0.4) is 0 Å². The van der Waals surface area contributed by atoms with Crippen molar-refractivity contribution in [2.75, 3.05) is 5.32 Å². The van der Waals surface area contributed by atoms with Crippen molar-refractivity contribution in [1.29, 1.82) is 5.26 Å². The minimum atomic E-state index is -0.616. The molecule has 0 bridgehead atoms. The van der Waals surface area contributed by atoms with E-state index in [9.17, 15) is 9.18 Å². The summed E-state index contributed by atoms with van der Waals surface area (Å²) in [6.07, 6.45) is 1.40. The first-order valence-corrected chi connectivity index (χ1v) is 5.13. The zero-order valence-electron chi connectivity index (χ0n) is 9.49. The Morgan fingerprint density at radius 1 is 1.56 bits per heavy atom. The standard InChI is InChI=1S/C12H9FN4O/c1-7-10(6-15-17-7)12(18)16-9-2-3-11(13)8(4-9)5-14/h2-4,6H,1H3,(H,15,17)(H,16,18). The fourth-order valence-electron chi connectivity index (χ4n) is 1.47. The molecule has 18 heavy (non-hydrogen) atoms. The molecule has 0 radical (unpaired) electrons. The molecule has 0 spiro atoms. The molecule has 90 valence electrons. The number of nitrogens with one attached hydrogen (secondary N) is 2. The van der Waals surface area contributed by atoms with Crippen molar-refractivity contribution >= 4 is 11.6 Å². The van der Waals surface area contributed by atoms with Crippen LogP contribution in [0.15, 0.2) is 24.4 Å². The van der Waals surface area contributed by atoms with Crippen LogP contribution in [-0.4, -0.2) is 16.1 Å². The summed E-state index contributed by atoms with van der Waals surface area (Å²) in [4.78, 5) is 11.8. The summed E-state index contributed by atoms with van der Waals surface area (Å²) in [5, 5.41) is 17.6. The smallest absolute Gasteiger partial charge is 0.259 e. The Bertz CT molecular complexity index is 642. The Hall–Kier alpha value is -2.68. The van der Waals surface area contributed by atoms with Gasteiger partial charge in [-0.3, -0.25) is 9.89 Å². The molecule has 5 nitrogen and oxygen atoms in total. The maximum atomic E-state index is 13.1. The van der Waals surface area contributed by atoms with Gasteiger partial charge in [-0.2, -0.15) is 10.4 Å². The lowest BCUT2D eigenvalue weighted by Gasteiger charge is -2.04. The molecule has 1 heterocycles. The summed E-state index contributed by atoms with van der Waals surface area (Å²) in [7, 11) is 0. The number of carbonyl (C=O) groups excluding carboxylic acids is 1. The lowest BCUT2D eigenvalue weighted by atomic mass is 10.2. The maximum absolute atomic E-state index is 13.1. The van der Waals surface area contributed by atoms with Crippen LogP contribution in [0.2, 0.25) is 0 Å². The molecular weight excluding hydrogens is 235 g/mol. The lowest BCUT2D eigenvalue weighted by Crippen LogP contribution is -2.12. The average Bonchev–Trinajstić information content (AvgIpc) is 2.78. The molecule has 0 fully saturated rings. The average molecular weight is 244 g/mol. The highest BCUT2D eigenvalue weighted by atomic mass is 19.1. The van der Waals surface area contributed by atoms with E-state index in [1.165, 1.54) is 18.3 Å². The van der Waals surface area contributed by atoms with Crippen LogP contribution in [0.4, 0.5) is 10.1 Å². The van der Waals surface area contributed by atoms with Crippen molar-refractivity contribution in [1.82, 2.24) is 10.2 Å². The number of hydrogen-bond acceptors (Lipinski definition) is 3. The lowest BCUT2D eigenvalue weighted by molar-refractivity contribution is 0.102. The number of amides is 1. The number of nitrogens with zero attached hydrogens (tertiary/aromatic N) is 2. The molecule has 1 aromatic carbocycles. The SMILES string of the molecule is Cc1[nH]ncc1C(=O)Nc1ccc(F)c(C#N)c1. The molecule has 2 rings (SSSR count). The van der Waals surface area contributed by atoms with Gasteiger partial charge in [0.25, 0.3) is 5.91 Å². The second-order valence-electron chi connectivity index (χ2n) is 3.67. The number of aromatic nitrogens is 2. The third kappa shape index (κ3) is 2.20. The van der Waals surface area contributed by atoms with Gasteiger partial charge >= 0.3 is 0 Å². The highest BCUT2D eigenvalue weighted by Crippen LogP contribution is 2.15. The topological polar surface area (TPSA) is 81.6 Å². The molecule has 0 aliphatic heterocycles. The van der Waals surface area contributed by atoms with Gasteiger partial charge in [0.1, 0.15) is 11.9 Å². The molecule has 0 unspecified atom stereocenters. The highest BCUT2D eigenvalue weighted by Gasteiger charge is 2.11. The number of halogens is 1. The van der Waals surface area contributed by atoms with Crippen LogP contribution in [0.25, 0.3) is 0 Å². The van der Waals surface area contributed by atoms with Gasteiger partial charge in [0.15, 0.2) is 0 Å². The van der Waals surface area contributed by atoms with E-state index in [0.717, 1.165) is 6.07 Å². The quantitative estimate of drug-likeness (QED) is 0.847. The summed E-state index contributed by atoms with van der Waals surface area (Å²) in [6, 6.07) is 5.52. The molecule has 0 aliphatic rings. The summed E-state index contributed by atoms with van der Waals surface area (Å²) >= 11 is 0. The first-order chi connectivity index (χ1) is 8.61. The zero-order valence-corrected chi connectivity index (χ0v) is 9.49. The number of carbonyl (C=O) groups is 1. The fraction of sp³-hybridized carbons (Fsp3) is 0.0833. The van der Waals surface area contributed by atoms with Gasteiger partial charge in [-0.05, 0) is 25.1 Å². The van der Waals surface area contributed by atoms with Crippen molar-refractivity contribution in [2.45, 2.75) is 6.92 Å². The summed E-state index contributed by atoms with van der Waals surface area (Å²) in [5.74, 6) is -0.980. The van der Waals surface area contributed by atoms with Gasteiger partial charge in [0.05, 0.1) is 17.3 Å². The molecule has 2 aromatic rings. The van der Waals surface area contributed by atoms with Crippen LogP contribution >= 0.6 is 0 Å². The molecule has 0 aliphatic carbocycles. The van der Waals surface area contributed by atoms with Gasteiger partial charge in [0.2, 0.25) is 0 Å². The molecule has 0 atom stereocenters. The molecule has 2 N–H and O–H groups in total. The number of rotatable bonds is 2. The Labute approximate surface area is 102 Å². The molecule has 1 aromatic heterocycles. The molecule has 0 saturated carbocycles. The summed E-state index contributed by atoms with van der Waals surface area (Å²) < 4.78 is 13.1. The fourth-order valence-corrected chi connectivity index (χ4v) is 1.47.